The van der Waals surface area contributed by atoms with Gasteiger partial charge in [0.15, 0.2) is 0 Å². The van der Waals surface area contributed by atoms with Crippen LogP contribution in [0.3, 0.4) is 0 Å². The van der Waals surface area contributed by atoms with Gasteiger partial charge in [-0.15, -0.1) is 0 Å². The van der Waals surface area contributed by atoms with Gasteiger partial charge in [0, 0.05) is 36.4 Å². The van der Waals surface area contributed by atoms with E-state index in [2.05, 4.69) is 47.1 Å². The molecule has 3 atom stereocenters. The van der Waals surface area contributed by atoms with Gasteiger partial charge in [0.05, 0.1) is 29.9 Å². The highest BCUT2D eigenvalue weighted by atomic mass is 35.5. The molecule has 1 saturated heterocycles. The van der Waals surface area contributed by atoms with Gasteiger partial charge in [0.1, 0.15) is 12.4 Å². The first-order valence-electron chi connectivity index (χ1n) is 12.1. The number of nitrogens with zero attached hydrogens (tertiary/aromatic N) is 3. The van der Waals surface area contributed by atoms with Crippen molar-refractivity contribution in [2.75, 3.05) is 37.7 Å². The van der Waals surface area contributed by atoms with E-state index < -0.39 is 5.60 Å². The number of nitriles is 1. The van der Waals surface area contributed by atoms with E-state index >= 15 is 0 Å². The molecule has 0 saturated carbocycles. The molecule has 0 radical (unpaired) electrons. The fraction of sp³-hybridized carbons (Fsp3) is 0.345. The molecule has 0 aromatic heterocycles. The van der Waals surface area contributed by atoms with Crippen molar-refractivity contribution in [3.8, 4) is 11.8 Å². The number of β-amino-alcohol motifs (C(OH)–C–C–N with tert-alkyl or cyclic N) is 1. The fourth-order valence-corrected chi connectivity index (χ4v) is 5.12. The van der Waals surface area contributed by atoms with Gasteiger partial charge in [-0.05, 0) is 73.5 Å². The summed E-state index contributed by atoms with van der Waals surface area (Å²) in [6.45, 7) is 6.23. The van der Waals surface area contributed by atoms with Crippen LogP contribution in [-0.2, 0) is 5.60 Å². The van der Waals surface area contributed by atoms with Crippen LogP contribution in [0.15, 0.2) is 72.8 Å². The molecular formula is C29H32ClN3O3. The number of anilines is 1. The van der Waals surface area contributed by atoms with Crippen LogP contribution in [-0.4, -0.2) is 54.0 Å². The van der Waals surface area contributed by atoms with E-state index in [9.17, 15) is 5.11 Å². The minimum Gasteiger partial charge on any atom is -0.491 e. The lowest BCUT2D eigenvalue weighted by atomic mass is 9.92. The summed E-state index contributed by atoms with van der Waals surface area (Å²) in [5.74, 6) is 0.723. The number of aliphatic hydroxyl groups is 2. The Bertz CT molecular complexity index is 1170. The van der Waals surface area contributed by atoms with Gasteiger partial charge >= 0.3 is 0 Å². The van der Waals surface area contributed by atoms with Gasteiger partial charge in [-0.3, -0.25) is 4.90 Å². The molecule has 0 aliphatic carbocycles. The molecule has 6 nitrogen and oxygen atoms in total. The molecule has 1 unspecified atom stereocenters. The third-order valence-electron chi connectivity index (χ3n) is 6.68. The van der Waals surface area contributed by atoms with Crippen LogP contribution in [0.4, 0.5) is 5.69 Å². The first-order chi connectivity index (χ1) is 17.3. The molecule has 1 fully saturated rings. The minimum absolute atomic E-state index is 0.0222. The second-order valence-corrected chi connectivity index (χ2v) is 9.98. The molecule has 0 bridgehead atoms. The number of hydrogen-bond acceptors (Lipinski definition) is 6. The summed E-state index contributed by atoms with van der Waals surface area (Å²) in [7, 11) is 0. The number of piperazine rings is 1. The minimum atomic E-state index is -1.06. The zero-order chi connectivity index (χ0) is 25.7. The van der Waals surface area contributed by atoms with Gasteiger partial charge in [0.25, 0.3) is 0 Å². The molecule has 188 valence electrons. The number of rotatable bonds is 8. The summed E-state index contributed by atoms with van der Waals surface area (Å²) >= 11 is 6.19. The number of halogens is 1. The number of ether oxygens (including phenoxy) is 1. The highest BCUT2D eigenvalue weighted by molar-refractivity contribution is 6.30. The number of benzene rings is 3. The Hall–Kier alpha value is -3.08. The Labute approximate surface area is 217 Å². The monoisotopic (exact) mass is 505 g/mol. The summed E-state index contributed by atoms with van der Waals surface area (Å²) < 4.78 is 5.54. The van der Waals surface area contributed by atoms with E-state index in [4.69, 9.17) is 26.7 Å². The largest absolute Gasteiger partial charge is 0.491 e. The molecule has 1 aliphatic rings. The van der Waals surface area contributed by atoms with Crippen molar-refractivity contribution >= 4 is 17.3 Å². The van der Waals surface area contributed by atoms with E-state index in [1.54, 1.807) is 12.1 Å². The predicted octanol–water partition coefficient (Wildman–Crippen LogP) is 4.74. The molecule has 1 heterocycles. The zero-order valence-electron chi connectivity index (χ0n) is 20.6. The van der Waals surface area contributed by atoms with Crippen molar-refractivity contribution in [3.05, 3.63) is 94.5 Å². The Morgan fingerprint density at radius 3 is 2.31 bits per heavy atom. The molecule has 1 aliphatic heterocycles. The number of aliphatic hydroxyl groups excluding tert-OH is 1. The maximum atomic E-state index is 11.4. The van der Waals surface area contributed by atoms with Crippen LogP contribution in [0.1, 0.15) is 36.6 Å². The lowest BCUT2D eigenvalue weighted by Crippen LogP contribution is -2.56. The van der Waals surface area contributed by atoms with Crippen LogP contribution < -0.4 is 9.64 Å². The second-order valence-electron chi connectivity index (χ2n) is 9.55. The Balaban J connectivity index is 1.59. The molecule has 2 N–H and O–H groups in total. The van der Waals surface area contributed by atoms with Crippen molar-refractivity contribution in [3.63, 3.8) is 0 Å². The maximum Gasteiger partial charge on any atom is 0.119 e. The molecule has 7 heteroatoms. The first-order valence-corrected chi connectivity index (χ1v) is 12.5. The van der Waals surface area contributed by atoms with Gasteiger partial charge in [-0.25, -0.2) is 0 Å². The van der Waals surface area contributed by atoms with Gasteiger partial charge in [-0.2, -0.15) is 5.26 Å². The topological polar surface area (TPSA) is 80.0 Å². The lowest BCUT2D eigenvalue weighted by molar-refractivity contribution is 0.00636. The van der Waals surface area contributed by atoms with Crippen molar-refractivity contribution in [2.24, 2.45) is 0 Å². The smallest absolute Gasteiger partial charge is 0.119 e. The van der Waals surface area contributed by atoms with Crippen LogP contribution in [0.5, 0.6) is 5.75 Å². The van der Waals surface area contributed by atoms with Crippen LogP contribution in [0.2, 0.25) is 5.02 Å². The third kappa shape index (κ3) is 6.00. The van der Waals surface area contributed by atoms with Gasteiger partial charge in [0.2, 0.25) is 0 Å². The average Bonchev–Trinajstić information content (AvgIpc) is 2.88. The summed E-state index contributed by atoms with van der Waals surface area (Å²) in [6.07, 6.45) is 0. The second kappa shape index (κ2) is 11.3. The van der Waals surface area contributed by atoms with Gasteiger partial charge in [-0.1, -0.05) is 35.9 Å². The normalized spacial score (nSPS) is 19.9. The highest BCUT2D eigenvalue weighted by Gasteiger charge is 2.36. The standard InChI is InChI=1S/C29H32ClN3O3/c1-21-18-32(20-29(2,35)24-7-3-22(17-31)4-8-24)19-28(23-5-9-25(30)10-6-23)33(21)26-11-13-27(14-12-26)36-16-15-34/h3-14,21,28,34-35H,15-16,18-20H2,1-2H3/t21?,28-,29+/m0/s1. The number of hydrogen-bond donors (Lipinski definition) is 2. The zero-order valence-corrected chi connectivity index (χ0v) is 21.4. The van der Waals surface area contributed by atoms with Crippen molar-refractivity contribution in [1.29, 1.82) is 5.26 Å². The summed E-state index contributed by atoms with van der Waals surface area (Å²) in [4.78, 5) is 4.71. The van der Waals surface area contributed by atoms with Crippen molar-refractivity contribution in [2.45, 2.75) is 31.5 Å². The molecular weight excluding hydrogens is 474 g/mol. The van der Waals surface area contributed by atoms with Crippen molar-refractivity contribution < 1.29 is 14.9 Å². The molecule has 3 aromatic rings. The van der Waals surface area contributed by atoms with E-state index in [0.717, 1.165) is 35.7 Å². The highest BCUT2D eigenvalue weighted by Crippen LogP contribution is 2.36. The predicted molar refractivity (Wildman–Crippen MR) is 142 cm³/mol. The molecule has 3 aromatic carbocycles. The van der Waals surface area contributed by atoms with Crippen LogP contribution in [0.25, 0.3) is 0 Å². The average molecular weight is 506 g/mol. The Morgan fingerprint density at radius 2 is 1.69 bits per heavy atom. The SMILES string of the molecule is CC1CN(C[C@@](C)(O)c2ccc(C#N)cc2)C[C@@H](c2ccc(Cl)cc2)N1c1ccc(OCCO)cc1. The molecule has 36 heavy (non-hydrogen) atoms. The lowest BCUT2D eigenvalue weighted by Gasteiger charge is -2.48. The summed E-state index contributed by atoms with van der Waals surface area (Å²) in [5.41, 5.74) is 2.53. The Kier molecular flexibility index (Phi) is 8.17. The van der Waals surface area contributed by atoms with Gasteiger partial charge < -0.3 is 19.8 Å². The quantitative estimate of drug-likeness (QED) is 0.460. The molecule has 4 rings (SSSR count). The van der Waals surface area contributed by atoms with Crippen LogP contribution in [0, 0.1) is 11.3 Å². The van der Waals surface area contributed by atoms with E-state index in [-0.39, 0.29) is 25.3 Å². The van der Waals surface area contributed by atoms with E-state index in [0.29, 0.717) is 17.1 Å². The summed E-state index contributed by atoms with van der Waals surface area (Å²) in [5, 5.41) is 30.2. The van der Waals surface area contributed by atoms with Crippen LogP contribution >= 0.6 is 11.6 Å². The van der Waals surface area contributed by atoms with E-state index in [1.807, 2.05) is 43.3 Å². The fourth-order valence-electron chi connectivity index (χ4n) is 5.00. The molecule has 0 amide bonds. The third-order valence-corrected chi connectivity index (χ3v) is 6.93. The first kappa shape index (κ1) is 26.0. The maximum absolute atomic E-state index is 11.4. The Morgan fingerprint density at radius 1 is 1.03 bits per heavy atom. The van der Waals surface area contributed by atoms with E-state index in [1.165, 1.54) is 0 Å². The molecule has 0 spiro atoms. The summed E-state index contributed by atoms with van der Waals surface area (Å²) in [6, 6.07) is 25.4. The van der Waals surface area contributed by atoms with Crippen molar-refractivity contribution in [1.82, 2.24) is 4.90 Å².